The molecule has 0 aromatic carbocycles. The summed E-state index contributed by atoms with van der Waals surface area (Å²) < 4.78 is 0. The summed E-state index contributed by atoms with van der Waals surface area (Å²) in [4.78, 5) is 16.6. The highest BCUT2D eigenvalue weighted by atomic mass is 16.2. The van der Waals surface area contributed by atoms with Crippen LogP contribution < -0.4 is 5.32 Å². The Bertz CT molecular complexity index is 276. The molecule has 0 radical (unpaired) electrons. The van der Waals surface area contributed by atoms with Crippen molar-refractivity contribution in [1.82, 2.24) is 15.1 Å². The first-order valence-electron chi connectivity index (χ1n) is 7.39. The van der Waals surface area contributed by atoms with Crippen molar-refractivity contribution >= 4 is 5.91 Å². The van der Waals surface area contributed by atoms with Gasteiger partial charge in [-0.2, -0.15) is 0 Å². The lowest BCUT2D eigenvalue weighted by Gasteiger charge is -2.36. The summed E-state index contributed by atoms with van der Waals surface area (Å²) in [6.07, 6.45) is 6.30. The van der Waals surface area contributed by atoms with Gasteiger partial charge in [-0.05, 0) is 19.8 Å². The van der Waals surface area contributed by atoms with Crippen LogP contribution in [0, 0.1) is 0 Å². The Morgan fingerprint density at radius 3 is 2.72 bits per heavy atom. The van der Waals surface area contributed by atoms with Gasteiger partial charge in [0.2, 0.25) is 5.91 Å². The molecule has 1 aliphatic carbocycles. The summed E-state index contributed by atoms with van der Waals surface area (Å²) in [6, 6.07) is 0.965. The highest BCUT2D eigenvalue weighted by Crippen LogP contribution is 2.21. The van der Waals surface area contributed by atoms with Crippen LogP contribution in [0.5, 0.6) is 0 Å². The molecule has 104 valence electrons. The molecule has 2 aliphatic rings. The minimum atomic E-state index is 0.302. The Morgan fingerprint density at radius 2 is 2.06 bits per heavy atom. The van der Waals surface area contributed by atoms with Crippen LogP contribution in [0.4, 0.5) is 0 Å². The average Bonchev–Trinajstić information content (AvgIpc) is 2.41. The molecule has 1 saturated heterocycles. The standard InChI is InChI=1S/C14H27N3O/c1-12-10-15-8-9-17(12)11-14(18)16(2)13-6-4-3-5-7-13/h12-13,15H,3-11H2,1-2H3/t12-/m1/s1. The zero-order valence-corrected chi connectivity index (χ0v) is 11.8. The van der Waals surface area contributed by atoms with Gasteiger partial charge in [0.05, 0.1) is 6.54 Å². The Morgan fingerprint density at radius 1 is 1.33 bits per heavy atom. The summed E-state index contributed by atoms with van der Waals surface area (Å²) in [7, 11) is 1.99. The van der Waals surface area contributed by atoms with Crippen molar-refractivity contribution < 1.29 is 4.79 Å². The van der Waals surface area contributed by atoms with Crippen molar-refractivity contribution in [3.8, 4) is 0 Å². The first kappa shape index (κ1) is 13.8. The molecule has 1 saturated carbocycles. The molecular weight excluding hydrogens is 226 g/mol. The number of hydrogen-bond acceptors (Lipinski definition) is 3. The monoisotopic (exact) mass is 253 g/mol. The van der Waals surface area contributed by atoms with Crippen molar-refractivity contribution in [3.05, 3.63) is 0 Å². The Kier molecular flexibility index (Phi) is 5.01. The molecule has 18 heavy (non-hydrogen) atoms. The van der Waals surface area contributed by atoms with Crippen molar-refractivity contribution in [3.63, 3.8) is 0 Å². The average molecular weight is 253 g/mol. The molecule has 1 N–H and O–H groups in total. The lowest BCUT2D eigenvalue weighted by molar-refractivity contribution is -0.134. The number of piperazine rings is 1. The molecule has 0 aromatic heterocycles. The molecule has 1 heterocycles. The summed E-state index contributed by atoms with van der Waals surface area (Å²) in [6.45, 7) is 5.78. The van der Waals surface area contributed by atoms with Gasteiger partial charge in [0.25, 0.3) is 0 Å². The maximum absolute atomic E-state index is 12.3. The first-order valence-corrected chi connectivity index (χ1v) is 7.39. The van der Waals surface area contributed by atoms with Gasteiger partial charge in [0.15, 0.2) is 0 Å². The molecule has 0 bridgehead atoms. The third-order valence-electron chi connectivity index (χ3n) is 4.49. The number of likely N-dealkylation sites (N-methyl/N-ethyl adjacent to an activating group) is 1. The third-order valence-corrected chi connectivity index (χ3v) is 4.49. The van der Waals surface area contributed by atoms with Crippen LogP contribution in [0.15, 0.2) is 0 Å². The normalized spacial score (nSPS) is 27.1. The number of nitrogens with one attached hydrogen (secondary N) is 1. The number of hydrogen-bond donors (Lipinski definition) is 1. The van der Waals surface area contributed by atoms with E-state index < -0.39 is 0 Å². The zero-order chi connectivity index (χ0) is 13.0. The summed E-state index contributed by atoms with van der Waals surface area (Å²) in [5.41, 5.74) is 0. The summed E-state index contributed by atoms with van der Waals surface area (Å²) in [5, 5.41) is 3.36. The fourth-order valence-electron chi connectivity index (χ4n) is 3.08. The van der Waals surface area contributed by atoms with Crippen molar-refractivity contribution in [2.75, 3.05) is 33.2 Å². The Labute approximate surface area is 111 Å². The van der Waals surface area contributed by atoms with E-state index in [1.165, 1.54) is 32.1 Å². The van der Waals surface area contributed by atoms with E-state index in [0.29, 0.717) is 24.5 Å². The van der Waals surface area contributed by atoms with Crippen LogP contribution >= 0.6 is 0 Å². The van der Waals surface area contributed by atoms with Crippen LogP contribution in [-0.4, -0.2) is 61.0 Å². The predicted molar refractivity (Wildman–Crippen MR) is 73.5 cm³/mol. The predicted octanol–water partition coefficient (Wildman–Crippen LogP) is 1.07. The fourth-order valence-corrected chi connectivity index (χ4v) is 3.08. The van der Waals surface area contributed by atoms with Gasteiger partial charge < -0.3 is 10.2 Å². The number of carbonyl (C=O) groups is 1. The van der Waals surface area contributed by atoms with E-state index in [2.05, 4.69) is 17.1 Å². The SMILES string of the molecule is C[C@@H]1CNCCN1CC(=O)N(C)C1CCCCC1. The van der Waals surface area contributed by atoms with E-state index in [9.17, 15) is 4.79 Å². The van der Waals surface area contributed by atoms with Crippen LogP contribution in [0.25, 0.3) is 0 Å². The van der Waals surface area contributed by atoms with E-state index in [0.717, 1.165) is 19.6 Å². The minimum Gasteiger partial charge on any atom is -0.342 e. The number of amides is 1. The Hall–Kier alpha value is -0.610. The molecule has 4 nitrogen and oxygen atoms in total. The van der Waals surface area contributed by atoms with E-state index >= 15 is 0 Å². The maximum Gasteiger partial charge on any atom is 0.236 e. The summed E-state index contributed by atoms with van der Waals surface area (Å²) in [5.74, 6) is 0.302. The molecule has 0 spiro atoms. The lowest BCUT2D eigenvalue weighted by Crippen LogP contribution is -2.53. The smallest absolute Gasteiger partial charge is 0.236 e. The Balaban J connectivity index is 1.82. The van der Waals surface area contributed by atoms with Gasteiger partial charge in [-0.3, -0.25) is 9.69 Å². The van der Waals surface area contributed by atoms with Gasteiger partial charge in [0.1, 0.15) is 0 Å². The molecule has 0 aromatic rings. The van der Waals surface area contributed by atoms with Gasteiger partial charge in [-0.15, -0.1) is 0 Å². The van der Waals surface area contributed by atoms with Crippen molar-refractivity contribution in [1.29, 1.82) is 0 Å². The molecule has 1 atom stereocenters. The first-order chi connectivity index (χ1) is 8.68. The van der Waals surface area contributed by atoms with E-state index in [-0.39, 0.29) is 0 Å². The van der Waals surface area contributed by atoms with Gasteiger partial charge in [-0.1, -0.05) is 19.3 Å². The maximum atomic E-state index is 12.3. The highest BCUT2D eigenvalue weighted by molar-refractivity contribution is 5.78. The molecule has 1 amide bonds. The molecule has 1 aliphatic heterocycles. The largest absolute Gasteiger partial charge is 0.342 e. The highest BCUT2D eigenvalue weighted by Gasteiger charge is 2.26. The van der Waals surface area contributed by atoms with Gasteiger partial charge in [0, 0.05) is 38.8 Å². The van der Waals surface area contributed by atoms with Gasteiger partial charge >= 0.3 is 0 Å². The fraction of sp³-hybridized carbons (Fsp3) is 0.929. The second-order valence-electron chi connectivity index (χ2n) is 5.82. The molecule has 2 fully saturated rings. The van der Waals surface area contributed by atoms with Crippen molar-refractivity contribution in [2.24, 2.45) is 0 Å². The topological polar surface area (TPSA) is 35.6 Å². The second-order valence-corrected chi connectivity index (χ2v) is 5.82. The van der Waals surface area contributed by atoms with E-state index in [4.69, 9.17) is 0 Å². The van der Waals surface area contributed by atoms with E-state index in [1.807, 2.05) is 11.9 Å². The van der Waals surface area contributed by atoms with Crippen LogP contribution in [0.2, 0.25) is 0 Å². The number of carbonyl (C=O) groups excluding carboxylic acids is 1. The van der Waals surface area contributed by atoms with Crippen LogP contribution in [0.3, 0.4) is 0 Å². The number of nitrogens with zero attached hydrogens (tertiary/aromatic N) is 2. The third kappa shape index (κ3) is 3.45. The lowest BCUT2D eigenvalue weighted by atomic mass is 9.94. The van der Waals surface area contributed by atoms with Crippen LogP contribution in [-0.2, 0) is 4.79 Å². The zero-order valence-electron chi connectivity index (χ0n) is 11.8. The van der Waals surface area contributed by atoms with Crippen molar-refractivity contribution in [2.45, 2.75) is 51.1 Å². The second kappa shape index (κ2) is 6.53. The molecule has 2 rings (SSSR count). The summed E-state index contributed by atoms with van der Waals surface area (Å²) >= 11 is 0. The van der Waals surface area contributed by atoms with Crippen LogP contribution in [0.1, 0.15) is 39.0 Å². The molecule has 0 unspecified atom stereocenters. The quantitative estimate of drug-likeness (QED) is 0.817. The molecule has 4 heteroatoms. The number of rotatable bonds is 3. The van der Waals surface area contributed by atoms with Gasteiger partial charge in [-0.25, -0.2) is 0 Å². The minimum absolute atomic E-state index is 0.302. The van der Waals surface area contributed by atoms with E-state index in [1.54, 1.807) is 0 Å². The molecular formula is C14H27N3O.